The van der Waals surface area contributed by atoms with Crippen molar-refractivity contribution in [3.8, 4) is 0 Å². The van der Waals surface area contributed by atoms with Gasteiger partial charge in [0.15, 0.2) is 0 Å². The van der Waals surface area contributed by atoms with Crippen LogP contribution in [0.3, 0.4) is 0 Å². The number of hydrogen-bond donors (Lipinski definition) is 1. The molecule has 1 saturated heterocycles. The van der Waals surface area contributed by atoms with Gasteiger partial charge in [0.2, 0.25) is 5.91 Å². The first-order chi connectivity index (χ1) is 9.75. The van der Waals surface area contributed by atoms with Crippen molar-refractivity contribution in [1.29, 1.82) is 0 Å². The highest BCUT2D eigenvalue weighted by atomic mass is 16.6. The lowest BCUT2D eigenvalue weighted by molar-refractivity contribution is -0.126. The van der Waals surface area contributed by atoms with Gasteiger partial charge in [-0.3, -0.25) is 4.79 Å². The van der Waals surface area contributed by atoms with Gasteiger partial charge in [0.1, 0.15) is 5.60 Å². The highest BCUT2D eigenvalue weighted by molar-refractivity contribution is 5.78. The van der Waals surface area contributed by atoms with Crippen LogP contribution in [-0.2, 0) is 9.53 Å². The Morgan fingerprint density at radius 2 is 2.00 bits per heavy atom. The van der Waals surface area contributed by atoms with Crippen molar-refractivity contribution < 1.29 is 14.3 Å². The van der Waals surface area contributed by atoms with Gasteiger partial charge in [-0.25, -0.2) is 4.79 Å². The van der Waals surface area contributed by atoms with Gasteiger partial charge in [-0.1, -0.05) is 6.42 Å². The molecule has 2 amide bonds. The first kappa shape index (κ1) is 16.1. The van der Waals surface area contributed by atoms with Gasteiger partial charge < -0.3 is 15.0 Å². The molecular formula is C16H28N2O3. The summed E-state index contributed by atoms with van der Waals surface area (Å²) in [5, 5.41) is 2.76. The minimum absolute atomic E-state index is 0.0994. The van der Waals surface area contributed by atoms with Gasteiger partial charge in [-0.2, -0.15) is 0 Å². The van der Waals surface area contributed by atoms with E-state index >= 15 is 0 Å². The Kier molecular flexibility index (Phi) is 4.49. The molecule has 1 heterocycles. The maximum absolute atomic E-state index is 12.2. The summed E-state index contributed by atoms with van der Waals surface area (Å²) in [4.78, 5) is 25.9. The van der Waals surface area contributed by atoms with Gasteiger partial charge in [0.05, 0.1) is 0 Å². The number of carbonyl (C=O) groups excluding carboxylic acids is 2. The molecule has 2 unspecified atom stereocenters. The number of nitrogens with one attached hydrogen (secondary N) is 1. The molecule has 21 heavy (non-hydrogen) atoms. The van der Waals surface area contributed by atoms with Crippen molar-refractivity contribution in [1.82, 2.24) is 10.2 Å². The summed E-state index contributed by atoms with van der Waals surface area (Å²) in [6.45, 7) is 7.14. The number of likely N-dealkylation sites (tertiary alicyclic amines) is 1. The van der Waals surface area contributed by atoms with E-state index in [0.717, 1.165) is 45.2 Å². The van der Waals surface area contributed by atoms with Gasteiger partial charge in [-0.15, -0.1) is 0 Å². The molecule has 0 bridgehead atoms. The lowest BCUT2D eigenvalue weighted by Gasteiger charge is -2.37. The fourth-order valence-corrected chi connectivity index (χ4v) is 3.67. The van der Waals surface area contributed by atoms with Crippen molar-refractivity contribution in [3.63, 3.8) is 0 Å². The maximum Gasteiger partial charge on any atom is 0.410 e. The third-order valence-electron chi connectivity index (χ3n) is 4.65. The molecule has 2 fully saturated rings. The van der Waals surface area contributed by atoms with E-state index in [0.29, 0.717) is 0 Å². The van der Waals surface area contributed by atoms with E-state index < -0.39 is 5.60 Å². The zero-order chi connectivity index (χ0) is 15.7. The molecule has 1 aliphatic heterocycles. The normalized spacial score (nSPS) is 29.5. The summed E-state index contributed by atoms with van der Waals surface area (Å²) in [6.07, 6.45) is 4.81. The zero-order valence-electron chi connectivity index (χ0n) is 13.7. The molecule has 1 spiro atoms. The van der Waals surface area contributed by atoms with Crippen LogP contribution in [0.15, 0.2) is 0 Å². The minimum atomic E-state index is -0.454. The Morgan fingerprint density at radius 1 is 1.29 bits per heavy atom. The van der Waals surface area contributed by atoms with Gasteiger partial charge in [0, 0.05) is 26.1 Å². The summed E-state index contributed by atoms with van der Waals surface area (Å²) in [7, 11) is 1.70. The SMILES string of the molecule is CNC(=O)C1CCCC2(CCN(C(=O)OC(C)(C)C)C2)C1. The topological polar surface area (TPSA) is 58.6 Å². The molecule has 1 N–H and O–H groups in total. The van der Waals surface area contributed by atoms with Crippen molar-refractivity contribution >= 4 is 12.0 Å². The molecule has 5 nitrogen and oxygen atoms in total. The average Bonchev–Trinajstić information content (AvgIpc) is 2.80. The van der Waals surface area contributed by atoms with Gasteiger partial charge in [-0.05, 0) is 51.9 Å². The maximum atomic E-state index is 12.2. The van der Waals surface area contributed by atoms with E-state index in [4.69, 9.17) is 4.74 Å². The molecule has 2 rings (SSSR count). The van der Waals surface area contributed by atoms with Crippen LogP contribution >= 0.6 is 0 Å². The average molecular weight is 296 g/mol. The first-order valence-corrected chi connectivity index (χ1v) is 7.94. The Balaban J connectivity index is 1.97. The van der Waals surface area contributed by atoms with Crippen molar-refractivity contribution in [3.05, 3.63) is 0 Å². The lowest BCUT2D eigenvalue weighted by Crippen LogP contribution is -2.40. The molecule has 1 aliphatic carbocycles. The van der Waals surface area contributed by atoms with Crippen LogP contribution in [0.4, 0.5) is 4.79 Å². The summed E-state index contributed by atoms with van der Waals surface area (Å²) in [5.74, 6) is 0.243. The third kappa shape index (κ3) is 3.89. The van der Waals surface area contributed by atoms with Gasteiger partial charge in [0.25, 0.3) is 0 Å². The molecule has 1 saturated carbocycles. The second-order valence-electron chi connectivity index (χ2n) is 7.56. The Bertz CT molecular complexity index is 416. The summed E-state index contributed by atoms with van der Waals surface area (Å²) < 4.78 is 5.46. The standard InChI is InChI=1S/C16H28N2O3/c1-15(2,3)21-14(20)18-9-8-16(11-18)7-5-6-12(10-16)13(19)17-4/h12H,5-11H2,1-4H3,(H,17,19). The van der Waals surface area contributed by atoms with E-state index in [2.05, 4.69) is 5.32 Å². The Labute approximate surface area is 127 Å². The highest BCUT2D eigenvalue weighted by Crippen LogP contribution is 2.46. The highest BCUT2D eigenvalue weighted by Gasteiger charge is 2.45. The molecule has 0 aromatic rings. The lowest BCUT2D eigenvalue weighted by atomic mass is 9.69. The summed E-state index contributed by atoms with van der Waals surface area (Å²) in [6, 6.07) is 0. The van der Waals surface area contributed by atoms with Crippen LogP contribution < -0.4 is 5.32 Å². The quantitative estimate of drug-likeness (QED) is 0.809. The molecule has 5 heteroatoms. The van der Waals surface area contributed by atoms with Crippen molar-refractivity contribution in [2.45, 2.75) is 58.5 Å². The number of rotatable bonds is 1. The Hall–Kier alpha value is -1.26. The molecule has 0 aromatic carbocycles. The molecule has 2 aliphatic rings. The second kappa shape index (κ2) is 5.85. The molecule has 2 atom stereocenters. The van der Waals surface area contributed by atoms with Gasteiger partial charge >= 0.3 is 6.09 Å². The fourth-order valence-electron chi connectivity index (χ4n) is 3.67. The van der Waals surface area contributed by atoms with E-state index in [1.54, 1.807) is 7.05 Å². The predicted molar refractivity (Wildman–Crippen MR) is 80.9 cm³/mol. The smallest absolute Gasteiger partial charge is 0.410 e. The zero-order valence-corrected chi connectivity index (χ0v) is 13.7. The second-order valence-corrected chi connectivity index (χ2v) is 7.56. The largest absolute Gasteiger partial charge is 0.444 e. The first-order valence-electron chi connectivity index (χ1n) is 7.94. The third-order valence-corrected chi connectivity index (χ3v) is 4.65. The molecule has 120 valence electrons. The molecular weight excluding hydrogens is 268 g/mol. The monoisotopic (exact) mass is 296 g/mol. The van der Waals surface area contributed by atoms with Crippen molar-refractivity contribution in [2.24, 2.45) is 11.3 Å². The minimum Gasteiger partial charge on any atom is -0.444 e. The van der Waals surface area contributed by atoms with Crippen LogP contribution in [0.5, 0.6) is 0 Å². The van der Waals surface area contributed by atoms with E-state index in [1.165, 1.54) is 0 Å². The van der Waals surface area contributed by atoms with E-state index in [1.807, 2.05) is 25.7 Å². The number of ether oxygens (including phenoxy) is 1. The number of nitrogens with zero attached hydrogens (tertiary/aromatic N) is 1. The summed E-state index contributed by atoms with van der Waals surface area (Å²) in [5.41, 5.74) is -0.337. The van der Waals surface area contributed by atoms with Crippen molar-refractivity contribution in [2.75, 3.05) is 20.1 Å². The van der Waals surface area contributed by atoms with E-state index in [-0.39, 0.29) is 23.3 Å². The number of hydrogen-bond acceptors (Lipinski definition) is 3. The fraction of sp³-hybridized carbons (Fsp3) is 0.875. The number of amides is 2. The van der Waals surface area contributed by atoms with Crippen LogP contribution in [0.2, 0.25) is 0 Å². The van der Waals surface area contributed by atoms with Crippen LogP contribution in [0, 0.1) is 11.3 Å². The van der Waals surface area contributed by atoms with Crippen LogP contribution in [0.1, 0.15) is 52.9 Å². The van der Waals surface area contributed by atoms with Crippen LogP contribution in [-0.4, -0.2) is 42.6 Å². The summed E-state index contributed by atoms with van der Waals surface area (Å²) >= 11 is 0. The Morgan fingerprint density at radius 3 is 2.62 bits per heavy atom. The van der Waals surface area contributed by atoms with E-state index in [9.17, 15) is 9.59 Å². The van der Waals surface area contributed by atoms with Crippen LogP contribution in [0.25, 0.3) is 0 Å². The molecule has 0 radical (unpaired) electrons. The number of carbonyl (C=O) groups is 2. The molecule has 0 aromatic heterocycles. The predicted octanol–water partition coefficient (Wildman–Crippen LogP) is 2.55.